The fourth-order valence-electron chi connectivity index (χ4n) is 2.48. The highest BCUT2D eigenvalue weighted by Crippen LogP contribution is 2.19. The molecule has 0 aromatic rings. The molecule has 0 aromatic carbocycles. The van der Waals surface area contributed by atoms with Crippen molar-refractivity contribution in [1.29, 1.82) is 0 Å². The lowest BCUT2D eigenvalue weighted by Gasteiger charge is -2.32. The highest BCUT2D eigenvalue weighted by Gasteiger charge is 2.28. The Balaban J connectivity index is 2.69. The Hall–Kier alpha value is -0.130. The molecule has 0 spiro atoms. The molecule has 1 saturated heterocycles. The molecule has 0 atom stereocenters. The summed E-state index contributed by atoms with van der Waals surface area (Å²) >= 11 is 0. The van der Waals surface area contributed by atoms with Crippen LogP contribution in [0.15, 0.2) is 0 Å². The summed E-state index contributed by atoms with van der Waals surface area (Å²) in [4.78, 5) is 0. The van der Waals surface area contributed by atoms with Gasteiger partial charge in [-0.1, -0.05) is 13.8 Å². The highest BCUT2D eigenvalue weighted by molar-refractivity contribution is 7.89. The molecule has 1 aliphatic heterocycles. The van der Waals surface area contributed by atoms with Crippen LogP contribution in [0.2, 0.25) is 0 Å². The summed E-state index contributed by atoms with van der Waals surface area (Å²) in [6.45, 7) is 10.6. The van der Waals surface area contributed by atoms with Gasteiger partial charge in [-0.15, -0.1) is 0 Å². The Bertz CT molecular complexity index is 333. The Morgan fingerprint density at radius 1 is 1.17 bits per heavy atom. The minimum absolute atomic E-state index is 0.0589. The number of rotatable bonds is 6. The molecule has 1 aliphatic rings. The van der Waals surface area contributed by atoms with E-state index in [0.717, 1.165) is 25.9 Å². The standard InChI is InChI=1S/C13H28N2O2S/c1-11(2)10-18(16,17)15(12(3)4)9-13-5-7-14-8-6-13/h11-14H,5-10H2,1-4H3. The topological polar surface area (TPSA) is 49.4 Å². The molecule has 0 radical (unpaired) electrons. The van der Waals surface area contributed by atoms with Gasteiger partial charge in [0.1, 0.15) is 0 Å². The molecule has 0 amide bonds. The minimum atomic E-state index is -3.11. The van der Waals surface area contributed by atoms with Crippen LogP contribution in [0.5, 0.6) is 0 Å². The zero-order chi connectivity index (χ0) is 13.8. The molecular formula is C13H28N2O2S. The van der Waals surface area contributed by atoms with Crippen molar-refractivity contribution in [2.45, 2.75) is 46.6 Å². The van der Waals surface area contributed by atoms with Gasteiger partial charge in [-0.3, -0.25) is 0 Å². The first-order valence-corrected chi connectivity index (χ1v) is 8.64. The fourth-order valence-corrected chi connectivity index (χ4v) is 4.60. The normalized spacial score (nSPS) is 19.1. The van der Waals surface area contributed by atoms with Gasteiger partial charge in [-0.2, -0.15) is 4.31 Å². The quantitative estimate of drug-likeness (QED) is 0.803. The van der Waals surface area contributed by atoms with Gasteiger partial charge in [0.15, 0.2) is 0 Å². The highest BCUT2D eigenvalue weighted by atomic mass is 32.2. The zero-order valence-electron chi connectivity index (χ0n) is 12.1. The second kappa shape index (κ2) is 6.87. The summed E-state index contributed by atoms with van der Waals surface area (Å²) < 4.78 is 26.4. The Morgan fingerprint density at radius 2 is 1.72 bits per heavy atom. The first-order chi connectivity index (χ1) is 8.33. The zero-order valence-corrected chi connectivity index (χ0v) is 13.0. The van der Waals surface area contributed by atoms with Gasteiger partial charge < -0.3 is 5.32 Å². The van der Waals surface area contributed by atoms with Crippen molar-refractivity contribution in [2.75, 3.05) is 25.4 Å². The molecule has 1 fully saturated rings. The van der Waals surface area contributed by atoms with Gasteiger partial charge in [0.05, 0.1) is 5.75 Å². The molecule has 0 aromatic heterocycles. The van der Waals surface area contributed by atoms with Crippen molar-refractivity contribution in [1.82, 2.24) is 9.62 Å². The lowest BCUT2D eigenvalue weighted by molar-refractivity contribution is 0.260. The van der Waals surface area contributed by atoms with Crippen LogP contribution >= 0.6 is 0 Å². The van der Waals surface area contributed by atoms with Gasteiger partial charge >= 0.3 is 0 Å². The summed E-state index contributed by atoms with van der Waals surface area (Å²) in [7, 11) is -3.11. The molecule has 0 saturated carbocycles. The molecule has 0 aliphatic carbocycles. The number of sulfonamides is 1. The van der Waals surface area contributed by atoms with Gasteiger partial charge in [-0.05, 0) is 51.6 Å². The minimum Gasteiger partial charge on any atom is -0.317 e. The third-order valence-corrected chi connectivity index (χ3v) is 5.75. The van der Waals surface area contributed by atoms with Gasteiger partial charge in [0.25, 0.3) is 0 Å². The van der Waals surface area contributed by atoms with Gasteiger partial charge in [0, 0.05) is 12.6 Å². The molecule has 1 rings (SSSR count). The van der Waals surface area contributed by atoms with Crippen LogP contribution in [0.1, 0.15) is 40.5 Å². The predicted octanol–water partition coefficient (Wildman–Crippen LogP) is 1.68. The molecule has 5 heteroatoms. The summed E-state index contributed by atoms with van der Waals surface area (Å²) in [6.07, 6.45) is 2.17. The molecule has 0 unspecified atom stereocenters. The van der Waals surface area contributed by atoms with E-state index >= 15 is 0 Å². The number of hydrogen-bond acceptors (Lipinski definition) is 3. The summed E-state index contributed by atoms with van der Waals surface area (Å²) in [5.74, 6) is 0.954. The molecule has 18 heavy (non-hydrogen) atoms. The third-order valence-electron chi connectivity index (χ3n) is 3.37. The largest absolute Gasteiger partial charge is 0.317 e. The average Bonchev–Trinajstić information content (AvgIpc) is 2.25. The Labute approximate surface area is 112 Å². The number of hydrogen-bond donors (Lipinski definition) is 1. The van der Waals surface area contributed by atoms with Crippen molar-refractivity contribution in [2.24, 2.45) is 11.8 Å². The van der Waals surface area contributed by atoms with E-state index in [-0.39, 0.29) is 17.7 Å². The van der Waals surface area contributed by atoms with Crippen molar-refractivity contribution >= 4 is 10.0 Å². The van der Waals surface area contributed by atoms with Crippen molar-refractivity contribution in [3.8, 4) is 0 Å². The van der Waals surface area contributed by atoms with E-state index in [1.54, 1.807) is 4.31 Å². The van der Waals surface area contributed by atoms with Crippen molar-refractivity contribution in [3.05, 3.63) is 0 Å². The van der Waals surface area contributed by atoms with Crippen LogP contribution in [-0.4, -0.2) is 44.2 Å². The molecular weight excluding hydrogens is 248 g/mol. The Morgan fingerprint density at radius 3 is 2.17 bits per heavy atom. The first-order valence-electron chi connectivity index (χ1n) is 7.03. The Kier molecular flexibility index (Phi) is 6.08. The predicted molar refractivity (Wildman–Crippen MR) is 76.1 cm³/mol. The molecule has 0 bridgehead atoms. The molecule has 1 heterocycles. The fraction of sp³-hybridized carbons (Fsp3) is 1.00. The maximum absolute atomic E-state index is 12.4. The average molecular weight is 276 g/mol. The van der Waals surface area contributed by atoms with Crippen LogP contribution in [0.4, 0.5) is 0 Å². The number of piperidine rings is 1. The second-order valence-corrected chi connectivity index (χ2v) is 8.00. The van der Waals surface area contributed by atoms with Crippen LogP contribution in [0.25, 0.3) is 0 Å². The van der Waals surface area contributed by atoms with E-state index < -0.39 is 10.0 Å². The maximum atomic E-state index is 12.4. The van der Waals surface area contributed by atoms with Crippen LogP contribution in [0.3, 0.4) is 0 Å². The SMILES string of the molecule is CC(C)CS(=O)(=O)N(CC1CCNCC1)C(C)C. The van der Waals surface area contributed by atoms with E-state index in [1.165, 1.54) is 0 Å². The monoisotopic (exact) mass is 276 g/mol. The summed E-state index contributed by atoms with van der Waals surface area (Å²) in [5, 5.41) is 3.32. The lowest BCUT2D eigenvalue weighted by Crippen LogP contribution is -2.44. The third kappa shape index (κ3) is 4.86. The van der Waals surface area contributed by atoms with Gasteiger partial charge in [-0.25, -0.2) is 8.42 Å². The van der Waals surface area contributed by atoms with E-state index in [0.29, 0.717) is 12.5 Å². The first kappa shape index (κ1) is 15.9. The molecule has 1 N–H and O–H groups in total. The molecule has 4 nitrogen and oxygen atoms in total. The maximum Gasteiger partial charge on any atom is 0.214 e. The molecule has 108 valence electrons. The summed E-state index contributed by atoms with van der Waals surface area (Å²) in [5.41, 5.74) is 0. The smallest absolute Gasteiger partial charge is 0.214 e. The van der Waals surface area contributed by atoms with Crippen molar-refractivity contribution < 1.29 is 8.42 Å². The van der Waals surface area contributed by atoms with Crippen LogP contribution < -0.4 is 5.32 Å². The van der Waals surface area contributed by atoms with E-state index in [1.807, 2.05) is 27.7 Å². The van der Waals surface area contributed by atoms with Crippen LogP contribution in [-0.2, 0) is 10.0 Å². The van der Waals surface area contributed by atoms with Crippen LogP contribution in [0, 0.1) is 11.8 Å². The summed E-state index contributed by atoms with van der Waals surface area (Å²) in [6, 6.07) is 0.0589. The number of nitrogens with zero attached hydrogens (tertiary/aromatic N) is 1. The van der Waals surface area contributed by atoms with E-state index in [4.69, 9.17) is 0 Å². The van der Waals surface area contributed by atoms with E-state index in [2.05, 4.69) is 5.32 Å². The second-order valence-electron chi connectivity index (χ2n) is 6.03. The van der Waals surface area contributed by atoms with Gasteiger partial charge in [0.2, 0.25) is 10.0 Å². The lowest BCUT2D eigenvalue weighted by atomic mass is 9.98. The van der Waals surface area contributed by atoms with E-state index in [9.17, 15) is 8.42 Å². The van der Waals surface area contributed by atoms with Crippen molar-refractivity contribution in [3.63, 3.8) is 0 Å². The number of nitrogens with one attached hydrogen (secondary N) is 1.